The molecule has 75 heavy (non-hydrogen) atoms. The summed E-state index contributed by atoms with van der Waals surface area (Å²) in [6.07, 6.45) is -2.50. The normalized spacial score (nSPS) is 12.4. The Kier molecular flexibility index (Phi) is 16.5. The molecule has 0 aliphatic carbocycles. The molecule has 6 rings (SSSR count). The molecule has 0 aliphatic rings. The highest BCUT2D eigenvalue weighted by atomic mass is 32.2. The van der Waals surface area contributed by atoms with Crippen molar-refractivity contribution < 1.29 is 61.1 Å². The van der Waals surface area contributed by atoms with Gasteiger partial charge < -0.3 is 43.4 Å². The van der Waals surface area contributed by atoms with E-state index in [0.717, 1.165) is 24.3 Å². The first-order chi connectivity index (χ1) is 35.1. The van der Waals surface area contributed by atoms with Crippen LogP contribution < -0.4 is 43.4 Å². The maximum absolute atomic E-state index is 14.7. The zero-order valence-electron chi connectivity index (χ0n) is 37.8. The number of halogens is 2. The van der Waals surface area contributed by atoms with E-state index in [4.69, 9.17) is 11.5 Å². The Morgan fingerprint density at radius 1 is 0.587 bits per heavy atom. The van der Waals surface area contributed by atoms with Crippen LogP contribution in [0.1, 0.15) is 6.92 Å². The molecule has 1 atom stereocenters. The van der Waals surface area contributed by atoms with Gasteiger partial charge in [0.15, 0.2) is 19.7 Å². The standard InChI is InChI=1S/C39H36F2N18O12S4/c1-4-72(62,63)22-8-12-26(30(16-22)74(66,67)68)58-56-24-10-6-20(14-28(24)48-34(42)60)46-38-52-32(40)50-36(54-38)44-18-19(3)45-37-51-33(41)53-39(55-37)47-21-7-11-25(29(15-21)49-35(43)61)57-59-27-13-9-23(73(64,65)5-2)17-31(27)75(69,70)71/h4-17,19H,1-2,18H2,3H3,(H3,42,48,60)(H3,43,49,61)(H,66,67,68)(H,69,70,71)(H2,44,46,50,52,54)(H2,45,47,51,53,55)/b58-56+,59-57+. The van der Waals surface area contributed by atoms with Crippen LogP contribution in [0.3, 0.4) is 0 Å². The van der Waals surface area contributed by atoms with Crippen molar-refractivity contribution in [3.05, 3.63) is 109 Å². The molecule has 12 N–H and O–H groups in total. The van der Waals surface area contributed by atoms with Gasteiger partial charge in [-0.1, -0.05) is 13.2 Å². The van der Waals surface area contributed by atoms with Crippen molar-refractivity contribution >= 4 is 121 Å². The van der Waals surface area contributed by atoms with Crippen LogP contribution in [0.25, 0.3) is 0 Å². The molecule has 0 aliphatic heterocycles. The second-order valence-electron chi connectivity index (χ2n) is 14.7. The van der Waals surface area contributed by atoms with Crippen molar-refractivity contribution in [3.8, 4) is 0 Å². The molecule has 0 fully saturated rings. The predicted molar refractivity (Wildman–Crippen MR) is 263 cm³/mol. The molecule has 0 bridgehead atoms. The van der Waals surface area contributed by atoms with Gasteiger partial charge in [0, 0.05) is 34.8 Å². The lowest BCUT2D eigenvalue weighted by Gasteiger charge is -2.16. The Hall–Kier alpha value is -9.10. The molecule has 0 saturated carbocycles. The second-order valence-corrected chi connectivity index (χ2v) is 21.2. The molecule has 2 aromatic heterocycles. The monoisotopic (exact) mass is 1110 g/mol. The summed E-state index contributed by atoms with van der Waals surface area (Å²) >= 11 is 0. The smallest absolute Gasteiger partial charge is 0.316 e. The van der Waals surface area contributed by atoms with Crippen LogP contribution in [0.15, 0.2) is 137 Å². The SMILES string of the molecule is C=CS(=O)(=O)c1ccc(/N=N/c2ccc(Nc3nc(F)nc(NCC(C)Nc4nc(F)nc(Nc5ccc(/N=N/c6ccc(S(=O)(=O)C=C)cc6S(=O)(=O)O)c(NC(N)=O)c5)n4)n3)cc2NC(N)=O)c(S(=O)(=O)O)c1. The number of amides is 4. The van der Waals surface area contributed by atoms with E-state index in [1.807, 2.05) is 0 Å². The lowest BCUT2D eigenvalue weighted by atomic mass is 10.2. The Labute approximate surface area is 422 Å². The number of nitrogens with one attached hydrogen (secondary N) is 6. The first-order valence-electron chi connectivity index (χ1n) is 20.2. The number of nitrogens with two attached hydrogens (primary N) is 2. The third kappa shape index (κ3) is 14.8. The summed E-state index contributed by atoms with van der Waals surface area (Å²) in [4.78, 5) is 43.6. The second kappa shape index (κ2) is 22.3. The maximum atomic E-state index is 14.7. The molecule has 1 unspecified atom stereocenters. The third-order valence-corrected chi connectivity index (χ3v) is 13.7. The van der Waals surface area contributed by atoms with Crippen LogP contribution in [0, 0.1) is 12.2 Å². The minimum Gasteiger partial charge on any atom is -0.352 e. The minimum atomic E-state index is -5.04. The van der Waals surface area contributed by atoms with E-state index < -0.39 is 101 Å². The summed E-state index contributed by atoms with van der Waals surface area (Å²) in [6, 6.07) is 10.0. The molecule has 0 saturated heterocycles. The molecule has 2 heterocycles. The van der Waals surface area contributed by atoms with E-state index in [1.165, 1.54) is 36.4 Å². The van der Waals surface area contributed by atoms with E-state index >= 15 is 0 Å². The molecule has 30 nitrogen and oxygen atoms in total. The summed E-state index contributed by atoms with van der Waals surface area (Å²) in [5, 5.41) is 32.1. The summed E-state index contributed by atoms with van der Waals surface area (Å²) in [7, 11) is -18.3. The summed E-state index contributed by atoms with van der Waals surface area (Å²) in [5.41, 5.74) is 9.33. The van der Waals surface area contributed by atoms with E-state index in [1.54, 1.807) is 6.92 Å². The number of hydrogen-bond donors (Lipinski definition) is 10. The number of nitrogens with zero attached hydrogens (tertiary/aromatic N) is 10. The van der Waals surface area contributed by atoms with Crippen molar-refractivity contribution in [2.75, 3.05) is 38.4 Å². The number of anilines is 8. The van der Waals surface area contributed by atoms with E-state index in [0.29, 0.717) is 22.9 Å². The van der Waals surface area contributed by atoms with Crippen LogP contribution in [0.2, 0.25) is 0 Å². The van der Waals surface area contributed by atoms with Gasteiger partial charge in [-0.2, -0.15) is 55.5 Å². The Bertz CT molecular complexity index is 3820. The van der Waals surface area contributed by atoms with E-state index in [2.05, 4.69) is 95.4 Å². The van der Waals surface area contributed by atoms with Gasteiger partial charge in [0.1, 0.15) is 32.5 Å². The number of aromatic nitrogens is 6. The highest BCUT2D eigenvalue weighted by Crippen LogP contribution is 2.36. The Morgan fingerprint density at radius 3 is 1.36 bits per heavy atom. The van der Waals surface area contributed by atoms with Gasteiger partial charge in [-0.15, -0.1) is 20.5 Å². The number of carbonyl (C=O) groups is 2. The first-order valence-corrected chi connectivity index (χ1v) is 26.2. The van der Waals surface area contributed by atoms with Crippen molar-refractivity contribution in [3.63, 3.8) is 0 Å². The molecule has 6 aromatic rings. The van der Waals surface area contributed by atoms with Gasteiger partial charge in [-0.3, -0.25) is 9.11 Å². The number of benzene rings is 4. The van der Waals surface area contributed by atoms with E-state index in [9.17, 15) is 61.1 Å². The number of rotatable bonds is 21. The zero-order chi connectivity index (χ0) is 55.0. The molecule has 4 aromatic carbocycles. The average Bonchev–Trinajstić information content (AvgIpc) is 3.31. The fraction of sp³-hybridized carbons (Fsp3) is 0.0769. The Balaban J connectivity index is 1.14. The van der Waals surface area contributed by atoms with Gasteiger partial charge in [0.05, 0.1) is 21.2 Å². The minimum absolute atomic E-state index is 0.0839. The summed E-state index contributed by atoms with van der Waals surface area (Å²) in [6.45, 7) is 7.83. The fourth-order valence-electron chi connectivity index (χ4n) is 5.93. The van der Waals surface area contributed by atoms with Gasteiger partial charge >= 0.3 is 24.2 Å². The summed E-state index contributed by atoms with van der Waals surface area (Å²) in [5.74, 6) is -1.33. The topological polar surface area (TPSA) is 462 Å². The number of sulfone groups is 2. The summed E-state index contributed by atoms with van der Waals surface area (Å²) < 4.78 is 146. The quantitative estimate of drug-likeness (QED) is 0.0297. The van der Waals surface area contributed by atoms with Crippen LogP contribution >= 0.6 is 0 Å². The number of azo groups is 2. The fourth-order valence-corrected chi connectivity index (χ4v) is 8.84. The van der Waals surface area contributed by atoms with Crippen LogP contribution in [-0.2, 0) is 39.9 Å². The van der Waals surface area contributed by atoms with Crippen LogP contribution in [0.4, 0.5) is 87.7 Å². The highest BCUT2D eigenvalue weighted by molar-refractivity contribution is 7.94. The van der Waals surface area contributed by atoms with Crippen LogP contribution in [-0.4, -0.2) is 97.3 Å². The van der Waals surface area contributed by atoms with Gasteiger partial charge in [0.2, 0.25) is 23.8 Å². The zero-order valence-corrected chi connectivity index (χ0v) is 41.0. The molecule has 0 spiro atoms. The largest absolute Gasteiger partial charge is 0.352 e. The van der Waals surface area contributed by atoms with Gasteiger partial charge in [0.25, 0.3) is 20.2 Å². The lowest BCUT2D eigenvalue weighted by molar-refractivity contribution is 0.258. The number of urea groups is 2. The van der Waals surface area contributed by atoms with Gasteiger partial charge in [-0.05, 0) is 79.7 Å². The molecule has 392 valence electrons. The molecule has 0 radical (unpaired) electrons. The Morgan fingerprint density at radius 2 is 0.960 bits per heavy atom. The third-order valence-electron chi connectivity index (χ3n) is 9.22. The van der Waals surface area contributed by atoms with E-state index in [-0.39, 0.29) is 64.5 Å². The molecule has 4 amide bonds. The first kappa shape index (κ1) is 55.2. The number of carbonyl (C=O) groups excluding carboxylic acids is 2. The maximum Gasteiger partial charge on any atom is 0.316 e. The molecular weight excluding hydrogens is 1080 g/mol. The number of primary amides is 2. The average molecular weight is 1120 g/mol. The van der Waals surface area contributed by atoms with Crippen molar-refractivity contribution in [2.45, 2.75) is 32.5 Å². The highest BCUT2D eigenvalue weighted by Gasteiger charge is 2.23. The predicted octanol–water partition coefficient (Wildman–Crippen LogP) is 5.87. The molecule has 36 heteroatoms. The molecular formula is C39H36F2N18O12S4. The van der Waals surface area contributed by atoms with Crippen LogP contribution in [0.5, 0.6) is 0 Å². The number of hydrogen-bond acceptors (Lipinski definition) is 24. The van der Waals surface area contributed by atoms with Crippen molar-refractivity contribution in [2.24, 2.45) is 31.9 Å². The lowest BCUT2D eigenvalue weighted by Crippen LogP contribution is -2.27. The van der Waals surface area contributed by atoms with Crippen molar-refractivity contribution in [1.82, 2.24) is 29.9 Å². The van der Waals surface area contributed by atoms with Gasteiger partial charge in [-0.25, -0.2) is 26.4 Å². The van der Waals surface area contributed by atoms with Crippen molar-refractivity contribution in [1.29, 1.82) is 0 Å².